The number of fused-ring (bicyclic) bond motifs is 3. The summed E-state index contributed by atoms with van der Waals surface area (Å²) in [6, 6.07) is 13.7. The average molecular weight is 457 g/mol. The van der Waals surface area contributed by atoms with Crippen molar-refractivity contribution in [1.29, 1.82) is 0 Å². The van der Waals surface area contributed by atoms with Crippen LogP contribution < -0.4 is 9.80 Å². The summed E-state index contributed by atoms with van der Waals surface area (Å²) in [6.45, 7) is 3.57. The summed E-state index contributed by atoms with van der Waals surface area (Å²) in [6.07, 6.45) is 0.739. The molecule has 1 fully saturated rings. The average Bonchev–Trinajstić information content (AvgIpc) is 3.39. The highest BCUT2D eigenvalue weighted by Gasteiger charge is 2.55. The van der Waals surface area contributed by atoms with Crippen LogP contribution in [0, 0.1) is 0 Å². The SMILES string of the molecule is CC(=O)N1CC(CCN2C(=O)C3(OCCO3)c3ccccc32)c2cc(Br)ccc21. The van der Waals surface area contributed by atoms with Crippen LogP contribution in [0.2, 0.25) is 0 Å². The van der Waals surface area contributed by atoms with Crippen molar-refractivity contribution in [3.8, 4) is 0 Å². The monoisotopic (exact) mass is 456 g/mol. The third-order valence-electron chi connectivity index (χ3n) is 5.97. The molecule has 6 nitrogen and oxygen atoms in total. The first kappa shape index (κ1) is 18.8. The molecule has 0 saturated carbocycles. The summed E-state index contributed by atoms with van der Waals surface area (Å²) in [5.74, 6) is -1.26. The number of hydrogen-bond acceptors (Lipinski definition) is 4. The molecule has 1 saturated heterocycles. The fraction of sp³-hybridized carbons (Fsp3) is 0.364. The second-order valence-electron chi connectivity index (χ2n) is 7.61. The molecule has 0 aliphatic carbocycles. The molecule has 3 aliphatic heterocycles. The maximum Gasteiger partial charge on any atom is 0.292 e. The third-order valence-corrected chi connectivity index (χ3v) is 6.47. The Labute approximate surface area is 177 Å². The largest absolute Gasteiger partial charge is 0.336 e. The van der Waals surface area contributed by atoms with Gasteiger partial charge in [0.1, 0.15) is 0 Å². The molecular formula is C22H21BrN2O4. The minimum absolute atomic E-state index is 0.0328. The minimum atomic E-state index is -1.29. The van der Waals surface area contributed by atoms with E-state index in [9.17, 15) is 9.59 Å². The first-order valence-corrected chi connectivity index (χ1v) is 10.6. The molecule has 3 aliphatic rings. The molecule has 5 rings (SSSR count). The van der Waals surface area contributed by atoms with Gasteiger partial charge in [-0.05, 0) is 36.2 Å². The molecule has 0 aromatic heterocycles. The molecule has 0 radical (unpaired) electrons. The fourth-order valence-corrected chi connectivity index (χ4v) is 5.03. The van der Waals surface area contributed by atoms with Crippen molar-refractivity contribution in [2.45, 2.75) is 25.0 Å². The zero-order valence-electron chi connectivity index (χ0n) is 16.1. The fourth-order valence-electron chi connectivity index (χ4n) is 4.65. The number of hydrogen-bond donors (Lipinski definition) is 0. The molecular weight excluding hydrogens is 436 g/mol. The summed E-state index contributed by atoms with van der Waals surface area (Å²) in [4.78, 5) is 29.0. The molecule has 150 valence electrons. The highest BCUT2D eigenvalue weighted by atomic mass is 79.9. The Morgan fingerprint density at radius 1 is 1.17 bits per heavy atom. The quantitative estimate of drug-likeness (QED) is 0.708. The van der Waals surface area contributed by atoms with Crippen molar-refractivity contribution in [2.75, 3.05) is 36.1 Å². The standard InChI is InChI=1S/C22H21BrN2O4/c1-14(26)25-13-15(17-12-16(23)6-7-19(17)25)8-9-24-20-5-3-2-4-18(20)22(21(24)27)28-10-11-29-22/h2-7,12,15H,8-11,13H2,1H3. The van der Waals surface area contributed by atoms with Crippen molar-refractivity contribution in [1.82, 2.24) is 0 Å². The Hall–Kier alpha value is -2.22. The van der Waals surface area contributed by atoms with Gasteiger partial charge < -0.3 is 19.3 Å². The van der Waals surface area contributed by atoms with E-state index >= 15 is 0 Å². The van der Waals surface area contributed by atoms with Crippen molar-refractivity contribution in [2.24, 2.45) is 0 Å². The Balaban J connectivity index is 1.42. The van der Waals surface area contributed by atoms with Gasteiger partial charge in [0.15, 0.2) is 0 Å². The zero-order valence-corrected chi connectivity index (χ0v) is 17.6. The molecule has 2 amide bonds. The van der Waals surface area contributed by atoms with Gasteiger partial charge in [0, 0.05) is 41.7 Å². The van der Waals surface area contributed by atoms with Gasteiger partial charge in [0.25, 0.3) is 11.7 Å². The summed E-state index contributed by atoms with van der Waals surface area (Å²) < 4.78 is 12.6. The highest BCUT2D eigenvalue weighted by Crippen LogP contribution is 2.46. The van der Waals surface area contributed by atoms with E-state index in [4.69, 9.17) is 9.47 Å². The molecule has 2 aromatic carbocycles. The number of amides is 2. The first-order chi connectivity index (χ1) is 14.0. The van der Waals surface area contributed by atoms with Gasteiger partial charge in [-0.15, -0.1) is 0 Å². The lowest BCUT2D eigenvalue weighted by Gasteiger charge is -2.23. The van der Waals surface area contributed by atoms with E-state index < -0.39 is 5.79 Å². The van der Waals surface area contributed by atoms with E-state index in [0.29, 0.717) is 26.3 Å². The van der Waals surface area contributed by atoms with Gasteiger partial charge in [-0.25, -0.2) is 0 Å². The van der Waals surface area contributed by atoms with Crippen molar-refractivity contribution >= 4 is 39.1 Å². The number of ether oxygens (including phenoxy) is 2. The van der Waals surface area contributed by atoms with Crippen LogP contribution in [0.1, 0.15) is 30.4 Å². The van der Waals surface area contributed by atoms with Crippen molar-refractivity contribution < 1.29 is 19.1 Å². The van der Waals surface area contributed by atoms with Gasteiger partial charge in [-0.1, -0.05) is 34.1 Å². The number of carbonyl (C=O) groups excluding carboxylic acids is 2. The van der Waals surface area contributed by atoms with Crippen molar-refractivity contribution in [3.05, 3.63) is 58.1 Å². The highest BCUT2D eigenvalue weighted by molar-refractivity contribution is 9.10. The van der Waals surface area contributed by atoms with Gasteiger partial charge in [0.05, 0.1) is 18.9 Å². The molecule has 1 spiro atoms. The summed E-state index contributed by atoms with van der Waals surface area (Å²) >= 11 is 3.54. The van der Waals surface area contributed by atoms with E-state index in [1.165, 1.54) is 0 Å². The van der Waals surface area contributed by atoms with Gasteiger partial charge >= 0.3 is 0 Å². The predicted octanol–water partition coefficient (Wildman–Crippen LogP) is 3.54. The number of anilines is 2. The van der Waals surface area contributed by atoms with Gasteiger partial charge in [-0.3, -0.25) is 9.59 Å². The second-order valence-corrected chi connectivity index (χ2v) is 8.52. The number of nitrogens with zero attached hydrogens (tertiary/aromatic N) is 2. The summed E-state index contributed by atoms with van der Waals surface area (Å²) in [5, 5.41) is 0. The van der Waals surface area contributed by atoms with Crippen molar-refractivity contribution in [3.63, 3.8) is 0 Å². The van der Waals surface area contributed by atoms with E-state index in [2.05, 4.69) is 22.0 Å². The smallest absolute Gasteiger partial charge is 0.292 e. The number of para-hydroxylation sites is 1. The topological polar surface area (TPSA) is 59.1 Å². The molecule has 7 heteroatoms. The molecule has 3 heterocycles. The van der Waals surface area contributed by atoms with Crippen LogP contribution in [0.25, 0.3) is 0 Å². The third kappa shape index (κ3) is 2.83. The molecule has 1 unspecified atom stereocenters. The Bertz CT molecular complexity index is 1000. The molecule has 2 aromatic rings. The lowest BCUT2D eigenvalue weighted by molar-refractivity contribution is -0.180. The van der Waals surface area contributed by atoms with Crippen LogP contribution in [0.4, 0.5) is 11.4 Å². The van der Waals surface area contributed by atoms with Crippen LogP contribution in [-0.2, 0) is 24.8 Å². The predicted molar refractivity (Wildman–Crippen MR) is 112 cm³/mol. The van der Waals surface area contributed by atoms with Crippen LogP contribution in [-0.4, -0.2) is 38.1 Å². The number of carbonyl (C=O) groups is 2. The summed E-state index contributed by atoms with van der Waals surface area (Å²) in [5.41, 5.74) is 3.72. The summed E-state index contributed by atoms with van der Waals surface area (Å²) in [7, 11) is 0. The molecule has 29 heavy (non-hydrogen) atoms. The van der Waals surface area contributed by atoms with Crippen LogP contribution in [0.5, 0.6) is 0 Å². The number of halogens is 1. The maximum atomic E-state index is 13.3. The lowest BCUT2D eigenvalue weighted by atomic mass is 9.97. The lowest BCUT2D eigenvalue weighted by Crippen LogP contribution is -2.42. The van der Waals surface area contributed by atoms with E-state index in [1.54, 1.807) is 11.8 Å². The molecule has 1 atom stereocenters. The molecule has 0 N–H and O–H groups in total. The van der Waals surface area contributed by atoms with Crippen LogP contribution in [0.15, 0.2) is 46.9 Å². The first-order valence-electron chi connectivity index (χ1n) is 9.78. The van der Waals surface area contributed by atoms with Crippen LogP contribution >= 0.6 is 15.9 Å². The number of rotatable bonds is 3. The van der Waals surface area contributed by atoms with Crippen LogP contribution in [0.3, 0.4) is 0 Å². The normalized spacial score (nSPS) is 21.7. The van der Waals surface area contributed by atoms with Gasteiger partial charge in [-0.2, -0.15) is 0 Å². The Morgan fingerprint density at radius 3 is 2.69 bits per heavy atom. The number of benzene rings is 2. The Kier molecular flexibility index (Phi) is 4.49. The minimum Gasteiger partial charge on any atom is -0.336 e. The molecule has 0 bridgehead atoms. The zero-order chi connectivity index (χ0) is 20.2. The second kappa shape index (κ2) is 6.93. The Morgan fingerprint density at radius 2 is 1.93 bits per heavy atom. The van der Waals surface area contributed by atoms with E-state index in [-0.39, 0.29) is 17.7 Å². The van der Waals surface area contributed by atoms with Gasteiger partial charge in [0.2, 0.25) is 5.91 Å². The van der Waals surface area contributed by atoms with E-state index in [0.717, 1.165) is 33.4 Å². The van der Waals surface area contributed by atoms with E-state index in [1.807, 2.05) is 41.3 Å². The maximum absolute atomic E-state index is 13.3.